The summed E-state index contributed by atoms with van der Waals surface area (Å²) in [5.41, 5.74) is 2.28. The predicted octanol–water partition coefficient (Wildman–Crippen LogP) is 4.62. The van der Waals surface area contributed by atoms with E-state index in [0.29, 0.717) is 0 Å². The third-order valence-electron chi connectivity index (χ3n) is 2.79. The summed E-state index contributed by atoms with van der Waals surface area (Å²) >= 11 is 1.75. The summed E-state index contributed by atoms with van der Waals surface area (Å²) in [7, 11) is 0. The highest BCUT2D eigenvalue weighted by atomic mass is 32.2. The van der Waals surface area contributed by atoms with Crippen LogP contribution in [0.25, 0.3) is 6.08 Å². The van der Waals surface area contributed by atoms with E-state index < -0.39 is 0 Å². The van der Waals surface area contributed by atoms with Crippen LogP contribution in [0.1, 0.15) is 18.1 Å². The first-order valence-corrected chi connectivity index (χ1v) is 7.23. The molecule has 0 aliphatic carbocycles. The first-order valence-electron chi connectivity index (χ1n) is 6.24. The molecular formula is C16H15NO2S. The number of nitro groups is 1. The van der Waals surface area contributed by atoms with Crippen LogP contribution in [0.2, 0.25) is 0 Å². The molecular weight excluding hydrogens is 270 g/mol. The van der Waals surface area contributed by atoms with Gasteiger partial charge in [0, 0.05) is 23.6 Å². The number of benzene rings is 2. The zero-order valence-corrected chi connectivity index (χ0v) is 12.0. The van der Waals surface area contributed by atoms with Crippen LogP contribution in [0.3, 0.4) is 0 Å². The van der Waals surface area contributed by atoms with Crippen molar-refractivity contribution in [1.29, 1.82) is 0 Å². The average molecular weight is 285 g/mol. The molecule has 0 saturated carbocycles. The van der Waals surface area contributed by atoms with Crippen LogP contribution in [0, 0.1) is 10.1 Å². The third-order valence-corrected chi connectivity index (χ3v) is 3.88. The van der Waals surface area contributed by atoms with E-state index in [1.807, 2.05) is 42.5 Å². The molecule has 0 radical (unpaired) electrons. The normalized spacial score (nSPS) is 11.3. The number of thioether (sulfide) groups is 1. The van der Waals surface area contributed by atoms with Gasteiger partial charge < -0.3 is 0 Å². The molecule has 0 heterocycles. The van der Waals surface area contributed by atoms with Crippen molar-refractivity contribution in [2.24, 2.45) is 0 Å². The molecule has 2 aromatic rings. The Bertz CT molecular complexity index is 606. The molecule has 2 aromatic carbocycles. The molecule has 3 nitrogen and oxygen atoms in total. The summed E-state index contributed by atoms with van der Waals surface area (Å²) in [5, 5.41) is 10.6. The fourth-order valence-electron chi connectivity index (χ4n) is 1.70. The molecule has 0 spiro atoms. The molecule has 0 fully saturated rings. The third kappa shape index (κ3) is 4.24. The zero-order chi connectivity index (χ0) is 14.4. The topological polar surface area (TPSA) is 43.1 Å². The molecule has 0 aromatic heterocycles. The van der Waals surface area contributed by atoms with Crippen LogP contribution in [0.5, 0.6) is 0 Å². The molecule has 0 N–H and O–H groups in total. The minimum Gasteiger partial charge on any atom is -0.259 e. The van der Waals surface area contributed by atoms with Crippen molar-refractivity contribution in [2.45, 2.75) is 17.6 Å². The van der Waals surface area contributed by atoms with Gasteiger partial charge in [0.1, 0.15) is 0 Å². The Morgan fingerprint density at radius 3 is 2.40 bits per heavy atom. The largest absolute Gasteiger partial charge is 0.259 e. The average Bonchev–Trinajstić information content (AvgIpc) is 2.47. The first-order chi connectivity index (χ1) is 9.65. The molecule has 0 aliphatic heterocycles. The predicted molar refractivity (Wildman–Crippen MR) is 83.1 cm³/mol. The standard InChI is InChI=1S/C16H15NO2S/c1-13(17(18)19)11-14-7-9-16(10-8-14)20-12-15-5-3-2-4-6-15/h2-11H,12H2,1H3. The maximum atomic E-state index is 10.6. The smallest absolute Gasteiger partial charge is 0.243 e. The fourth-order valence-corrected chi connectivity index (χ4v) is 2.55. The van der Waals surface area contributed by atoms with Gasteiger partial charge >= 0.3 is 0 Å². The van der Waals surface area contributed by atoms with Crippen molar-refractivity contribution < 1.29 is 4.92 Å². The monoisotopic (exact) mass is 285 g/mol. The molecule has 0 atom stereocenters. The summed E-state index contributed by atoms with van der Waals surface area (Å²) in [6.45, 7) is 1.50. The van der Waals surface area contributed by atoms with Crippen LogP contribution in [-0.2, 0) is 5.75 Å². The van der Waals surface area contributed by atoms with Crippen molar-refractivity contribution in [3.05, 3.63) is 81.5 Å². The van der Waals surface area contributed by atoms with Gasteiger partial charge in [0.05, 0.1) is 4.92 Å². The number of hydrogen-bond donors (Lipinski definition) is 0. The Hall–Kier alpha value is -2.07. The Kier molecular flexibility index (Phi) is 4.96. The van der Waals surface area contributed by atoms with Crippen LogP contribution >= 0.6 is 11.8 Å². The van der Waals surface area contributed by atoms with Crippen LogP contribution in [0.15, 0.2) is 65.2 Å². The molecule has 102 valence electrons. The van der Waals surface area contributed by atoms with Crippen LogP contribution in [-0.4, -0.2) is 4.92 Å². The van der Waals surface area contributed by atoms with E-state index in [1.165, 1.54) is 12.5 Å². The van der Waals surface area contributed by atoms with Gasteiger partial charge in [0.2, 0.25) is 5.70 Å². The van der Waals surface area contributed by atoms with Crippen LogP contribution in [0.4, 0.5) is 0 Å². The summed E-state index contributed by atoms with van der Waals surface area (Å²) in [6.07, 6.45) is 1.58. The number of allylic oxidation sites excluding steroid dienone is 1. The van der Waals surface area contributed by atoms with Crippen molar-refractivity contribution in [1.82, 2.24) is 0 Å². The molecule has 0 aliphatic rings. The highest BCUT2D eigenvalue weighted by Crippen LogP contribution is 2.23. The van der Waals surface area contributed by atoms with Gasteiger partial charge in [-0.2, -0.15) is 0 Å². The quantitative estimate of drug-likeness (QED) is 0.457. The second-order valence-corrected chi connectivity index (χ2v) is 5.43. The molecule has 20 heavy (non-hydrogen) atoms. The Labute approximate surface area is 122 Å². The highest BCUT2D eigenvalue weighted by Gasteiger charge is 2.02. The second-order valence-electron chi connectivity index (χ2n) is 4.39. The highest BCUT2D eigenvalue weighted by molar-refractivity contribution is 7.98. The van der Waals surface area contributed by atoms with Crippen molar-refractivity contribution in [2.75, 3.05) is 0 Å². The number of nitrogens with zero attached hydrogens (tertiary/aromatic N) is 1. The molecule has 0 saturated heterocycles. The van der Waals surface area contributed by atoms with Gasteiger partial charge in [-0.15, -0.1) is 11.8 Å². The summed E-state index contributed by atoms with van der Waals surface area (Å²) in [6, 6.07) is 18.1. The number of hydrogen-bond acceptors (Lipinski definition) is 3. The van der Waals surface area contributed by atoms with Gasteiger partial charge in [-0.1, -0.05) is 42.5 Å². The molecule has 0 unspecified atom stereocenters. The van der Waals surface area contributed by atoms with Crippen molar-refractivity contribution >= 4 is 17.8 Å². The number of rotatable bonds is 5. The SMILES string of the molecule is CC(=Cc1ccc(SCc2ccccc2)cc1)[N+](=O)[O-]. The van der Waals surface area contributed by atoms with E-state index in [2.05, 4.69) is 12.1 Å². The zero-order valence-electron chi connectivity index (χ0n) is 11.2. The van der Waals surface area contributed by atoms with Gasteiger partial charge in [-0.05, 0) is 23.3 Å². The van der Waals surface area contributed by atoms with E-state index in [1.54, 1.807) is 17.8 Å². The maximum absolute atomic E-state index is 10.6. The Morgan fingerprint density at radius 2 is 1.80 bits per heavy atom. The fraction of sp³-hybridized carbons (Fsp3) is 0.125. The van der Waals surface area contributed by atoms with Crippen LogP contribution < -0.4 is 0 Å². The van der Waals surface area contributed by atoms with Crippen molar-refractivity contribution in [3.63, 3.8) is 0 Å². The Balaban J connectivity index is 1.98. The molecule has 0 amide bonds. The van der Waals surface area contributed by atoms with E-state index in [4.69, 9.17) is 0 Å². The van der Waals surface area contributed by atoms with E-state index in [0.717, 1.165) is 16.2 Å². The summed E-state index contributed by atoms with van der Waals surface area (Å²) < 4.78 is 0. The second kappa shape index (κ2) is 6.91. The molecule has 2 rings (SSSR count). The van der Waals surface area contributed by atoms with Crippen molar-refractivity contribution in [3.8, 4) is 0 Å². The maximum Gasteiger partial charge on any atom is 0.243 e. The first kappa shape index (κ1) is 14.3. The lowest BCUT2D eigenvalue weighted by atomic mass is 10.2. The van der Waals surface area contributed by atoms with Gasteiger partial charge in [-0.25, -0.2) is 0 Å². The lowest BCUT2D eigenvalue weighted by Gasteiger charge is -2.02. The lowest BCUT2D eigenvalue weighted by molar-refractivity contribution is -0.422. The van der Waals surface area contributed by atoms with Gasteiger partial charge in [0.15, 0.2) is 0 Å². The summed E-state index contributed by atoms with van der Waals surface area (Å²) in [4.78, 5) is 11.3. The molecule has 4 heteroatoms. The van der Waals surface area contributed by atoms with E-state index >= 15 is 0 Å². The molecule has 0 bridgehead atoms. The van der Waals surface area contributed by atoms with Gasteiger partial charge in [0.25, 0.3) is 0 Å². The van der Waals surface area contributed by atoms with Gasteiger partial charge in [-0.3, -0.25) is 10.1 Å². The lowest BCUT2D eigenvalue weighted by Crippen LogP contribution is -1.92. The van der Waals surface area contributed by atoms with E-state index in [-0.39, 0.29) is 10.6 Å². The minimum atomic E-state index is -0.377. The van der Waals surface area contributed by atoms with E-state index in [9.17, 15) is 10.1 Å². The summed E-state index contributed by atoms with van der Waals surface area (Å²) in [5.74, 6) is 0.921. The Morgan fingerprint density at radius 1 is 1.15 bits per heavy atom. The minimum absolute atomic E-state index is 0.148.